The standard InChI is InChI=1S/C26H34N4O3/c1-4-32-23-11-9-19(16-24(23)33-5-2)12-13-27-25(31)20-7-6-14-30(17-20)26-28-21-10-8-18(3)15-22(21)29-26/h8-11,15-16,20H,4-7,12-14,17H2,1-3H3,(H,27,31)(H,28,29). The number of aromatic amines is 1. The van der Waals surface area contributed by atoms with Gasteiger partial charge in [-0.15, -0.1) is 0 Å². The summed E-state index contributed by atoms with van der Waals surface area (Å²) in [6, 6.07) is 12.2. The Labute approximate surface area is 195 Å². The van der Waals surface area contributed by atoms with Gasteiger partial charge in [-0.2, -0.15) is 0 Å². The fourth-order valence-electron chi connectivity index (χ4n) is 4.37. The van der Waals surface area contributed by atoms with Crippen LogP contribution in [-0.4, -0.2) is 48.7 Å². The van der Waals surface area contributed by atoms with Crippen LogP contribution in [0, 0.1) is 12.8 Å². The van der Waals surface area contributed by atoms with Crippen molar-refractivity contribution in [2.75, 3.05) is 37.7 Å². The van der Waals surface area contributed by atoms with Gasteiger partial charge in [-0.3, -0.25) is 4.79 Å². The number of anilines is 1. The molecule has 1 aliphatic heterocycles. The zero-order valence-electron chi connectivity index (χ0n) is 19.8. The van der Waals surface area contributed by atoms with E-state index >= 15 is 0 Å². The van der Waals surface area contributed by atoms with Crippen LogP contribution in [0.2, 0.25) is 0 Å². The predicted octanol–water partition coefficient (Wildman–Crippen LogP) is 4.24. The maximum absolute atomic E-state index is 12.9. The number of aryl methyl sites for hydroxylation is 1. The number of imidazole rings is 1. The number of hydrogen-bond acceptors (Lipinski definition) is 5. The van der Waals surface area contributed by atoms with Gasteiger partial charge in [0.1, 0.15) is 0 Å². The zero-order chi connectivity index (χ0) is 23.2. The molecule has 0 radical (unpaired) electrons. The molecule has 2 N–H and O–H groups in total. The summed E-state index contributed by atoms with van der Waals surface area (Å²) in [6.07, 6.45) is 2.63. The summed E-state index contributed by atoms with van der Waals surface area (Å²) in [5.41, 5.74) is 4.32. The van der Waals surface area contributed by atoms with Gasteiger partial charge in [-0.1, -0.05) is 12.1 Å². The SMILES string of the molecule is CCOc1ccc(CCNC(=O)C2CCCN(c3nc4ccc(C)cc4[nH]3)C2)cc1OCC. The van der Waals surface area contributed by atoms with Crippen molar-refractivity contribution in [2.24, 2.45) is 5.92 Å². The number of amides is 1. The van der Waals surface area contributed by atoms with Gasteiger partial charge in [-0.25, -0.2) is 4.98 Å². The molecule has 1 saturated heterocycles. The number of carbonyl (C=O) groups is 1. The van der Waals surface area contributed by atoms with E-state index in [0.29, 0.717) is 26.3 Å². The lowest BCUT2D eigenvalue weighted by molar-refractivity contribution is -0.125. The minimum Gasteiger partial charge on any atom is -0.490 e. The van der Waals surface area contributed by atoms with Crippen LogP contribution >= 0.6 is 0 Å². The van der Waals surface area contributed by atoms with Crippen LogP contribution in [-0.2, 0) is 11.2 Å². The number of carbonyl (C=O) groups excluding carboxylic acids is 1. The second kappa shape index (κ2) is 10.6. The first kappa shape index (κ1) is 23.0. The summed E-state index contributed by atoms with van der Waals surface area (Å²) in [4.78, 5) is 23.2. The summed E-state index contributed by atoms with van der Waals surface area (Å²) < 4.78 is 11.3. The number of piperidine rings is 1. The summed E-state index contributed by atoms with van der Waals surface area (Å²) in [5.74, 6) is 2.45. The average Bonchev–Trinajstić information content (AvgIpc) is 3.24. The Morgan fingerprint density at radius 1 is 1.15 bits per heavy atom. The highest BCUT2D eigenvalue weighted by Crippen LogP contribution is 2.29. The third kappa shape index (κ3) is 5.59. The van der Waals surface area contributed by atoms with Crippen LogP contribution in [0.15, 0.2) is 36.4 Å². The average molecular weight is 451 g/mol. The number of fused-ring (bicyclic) bond motifs is 1. The fourth-order valence-corrected chi connectivity index (χ4v) is 4.37. The summed E-state index contributed by atoms with van der Waals surface area (Å²) in [7, 11) is 0. The fraction of sp³-hybridized carbons (Fsp3) is 0.462. The van der Waals surface area contributed by atoms with Crippen molar-refractivity contribution < 1.29 is 14.3 Å². The van der Waals surface area contributed by atoms with E-state index in [0.717, 1.165) is 59.9 Å². The summed E-state index contributed by atoms with van der Waals surface area (Å²) in [6.45, 7) is 9.37. The Hall–Kier alpha value is -3.22. The minimum absolute atomic E-state index is 0.0342. The van der Waals surface area contributed by atoms with Gasteiger partial charge >= 0.3 is 0 Å². The number of nitrogens with zero attached hydrogens (tertiary/aromatic N) is 2. The van der Waals surface area contributed by atoms with E-state index in [-0.39, 0.29) is 11.8 Å². The van der Waals surface area contributed by atoms with Gasteiger partial charge in [-0.05, 0) is 75.4 Å². The van der Waals surface area contributed by atoms with Gasteiger partial charge in [0.2, 0.25) is 11.9 Å². The van der Waals surface area contributed by atoms with E-state index in [9.17, 15) is 4.79 Å². The summed E-state index contributed by atoms with van der Waals surface area (Å²) >= 11 is 0. The Kier molecular flexibility index (Phi) is 7.37. The molecule has 0 aliphatic carbocycles. The molecule has 1 unspecified atom stereocenters. The lowest BCUT2D eigenvalue weighted by Crippen LogP contribution is -2.43. The van der Waals surface area contributed by atoms with Gasteiger partial charge in [0, 0.05) is 19.6 Å². The normalized spacial score (nSPS) is 16.1. The Balaban J connectivity index is 1.32. The molecule has 0 spiro atoms. The second-order valence-corrected chi connectivity index (χ2v) is 8.55. The van der Waals surface area contributed by atoms with E-state index in [1.165, 1.54) is 5.56 Å². The highest BCUT2D eigenvalue weighted by atomic mass is 16.5. The highest BCUT2D eigenvalue weighted by molar-refractivity contribution is 5.80. The molecule has 33 heavy (non-hydrogen) atoms. The molecular formula is C26H34N4O3. The molecule has 2 heterocycles. The number of hydrogen-bond donors (Lipinski definition) is 2. The first-order valence-corrected chi connectivity index (χ1v) is 11.9. The number of nitrogens with one attached hydrogen (secondary N) is 2. The molecule has 1 amide bonds. The quantitative estimate of drug-likeness (QED) is 0.510. The van der Waals surface area contributed by atoms with E-state index in [4.69, 9.17) is 14.5 Å². The van der Waals surface area contributed by atoms with Crippen molar-refractivity contribution in [2.45, 2.75) is 40.0 Å². The molecule has 0 bridgehead atoms. The third-order valence-electron chi connectivity index (χ3n) is 6.04. The molecule has 3 aromatic rings. The third-order valence-corrected chi connectivity index (χ3v) is 6.04. The number of ether oxygens (including phenoxy) is 2. The Bertz CT molecular complexity index is 1090. The van der Waals surface area contributed by atoms with Crippen molar-refractivity contribution in [1.82, 2.24) is 15.3 Å². The van der Waals surface area contributed by atoms with Gasteiger partial charge < -0.3 is 24.7 Å². The van der Waals surface area contributed by atoms with Crippen molar-refractivity contribution in [3.63, 3.8) is 0 Å². The molecule has 1 fully saturated rings. The monoisotopic (exact) mass is 450 g/mol. The first-order chi connectivity index (χ1) is 16.1. The number of H-pyrrole nitrogens is 1. The number of aromatic nitrogens is 2. The van der Waals surface area contributed by atoms with Gasteiger partial charge in [0.05, 0.1) is 30.2 Å². The molecule has 1 aliphatic rings. The van der Waals surface area contributed by atoms with Crippen LogP contribution in [0.3, 0.4) is 0 Å². The van der Waals surface area contributed by atoms with Gasteiger partial charge in [0.25, 0.3) is 0 Å². The van der Waals surface area contributed by atoms with Crippen molar-refractivity contribution >= 4 is 22.9 Å². The zero-order valence-corrected chi connectivity index (χ0v) is 19.8. The second-order valence-electron chi connectivity index (χ2n) is 8.55. The highest BCUT2D eigenvalue weighted by Gasteiger charge is 2.27. The molecule has 2 aromatic carbocycles. The summed E-state index contributed by atoms with van der Waals surface area (Å²) in [5, 5.41) is 3.13. The Morgan fingerprint density at radius 2 is 1.97 bits per heavy atom. The van der Waals surface area contributed by atoms with Crippen molar-refractivity contribution in [3.8, 4) is 11.5 Å². The van der Waals surface area contributed by atoms with Gasteiger partial charge in [0.15, 0.2) is 11.5 Å². The number of benzene rings is 2. The van der Waals surface area contributed by atoms with Crippen LogP contribution < -0.4 is 19.7 Å². The molecule has 1 atom stereocenters. The molecule has 7 heteroatoms. The van der Waals surface area contributed by atoms with Crippen LogP contribution in [0.4, 0.5) is 5.95 Å². The maximum atomic E-state index is 12.9. The topological polar surface area (TPSA) is 79.5 Å². The molecular weight excluding hydrogens is 416 g/mol. The molecule has 0 saturated carbocycles. The van der Waals surface area contributed by atoms with E-state index in [2.05, 4.69) is 34.3 Å². The van der Waals surface area contributed by atoms with E-state index in [1.54, 1.807) is 0 Å². The Morgan fingerprint density at radius 3 is 2.79 bits per heavy atom. The predicted molar refractivity (Wildman–Crippen MR) is 131 cm³/mol. The lowest BCUT2D eigenvalue weighted by atomic mass is 9.97. The van der Waals surface area contributed by atoms with E-state index in [1.807, 2.05) is 38.1 Å². The maximum Gasteiger partial charge on any atom is 0.224 e. The smallest absolute Gasteiger partial charge is 0.224 e. The largest absolute Gasteiger partial charge is 0.490 e. The van der Waals surface area contributed by atoms with Crippen molar-refractivity contribution in [1.29, 1.82) is 0 Å². The molecule has 1 aromatic heterocycles. The van der Waals surface area contributed by atoms with E-state index < -0.39 is 0 Å². The number of rotatable bonds is 9. The lowest BCUT2D eigenvalue weighted by Gasteiger charge is -2.31. The van der Waals surface area contributed by atoms with Crippen LogP contribution in [0.1, 0.15) is 37.8 Å². The minimum atomic E-state index is -0.0342. The van der Waals surface area contributed by atoms with Crippen molar-refractivity contribution in [3.05, 3.63) is 47.5 Å². The molecule has 176 valence electrons. The van der Waals surface area contributed by atoms with Crippen LogP contribution in [0.25, 0.3) is 11.0 Å². The first-order valence-electron chi connectivity index (χ1n) is 11.9. The molecule has 7 nitrogen and oxygen atoms in total. The van der Waals surface area contributed by atoms with Crippen LogP contribution in [0.5, 0.6) is 11.5 Å². The molecule has 4 rings (SSSR count).